The smallest absolute Gasteiger partial charge is 0.242 e. The minimum Gasteiger partial charge on any atom is -0.487 e. The van der Waals surface area contributed by atoms with Gasteiger partial charge in [-0.15, -0.1) is 0 Å². The summed E-state index contributed by atoms with van der Waals surface area (Å²) in [6.45, 7) is 2.18. The van der Waals surface area contributed by atoms with E-state index in [1.54, 1.807) is 18.2 Å². The molecule has 4 nitrogen and oxygen atoms in total. The maximum atomic E-state index is 11.7. The molecule has 2 aromatic rings. The molecule has 20 heavy (non-hydrogen) atoms. The van der Waals surface area contributed by atoms with E-state index in [2.05, 4.69) is 0 Å². The quantitative estimate of drug-likeness (QED) is 0.920. The molecule has 0 saturated heterocycles. The molecule has 0 amide bonds. The van der Waals surface area contributed by atoms with Gasteiger partial charge in [-0.05, 0) is 23.6 Å². The number of sulfonamides is 1. The Kier molecular flexibility index (Phi) is 4.42. The number of ether oxygens (including phenoxy) is 1. The predicted molar refractivity (Wildman–Crippen MR) is 78.0 cm³/mol. The molecule has 2 N–H and O–H groups in total. The Hall–Kier alpha value is -1.85. The van der Waals surface area contributed by atoms with Gasteiger partial charge in [0, 0.05) is 0 Å². The lowest BCUT2D eigenvalue weighted by Crippen LogP contribution is -2.16. The Labute approximate surface area is 119 Å². The first kappa shape index (κ1) is 14.6. The van der Waals surface area contributed by atoms with Gasteiger partial charge in [0.05, 0.1) is 0 Å². The van der Waals surface area contributed by atoms with Crippen LogP contribution >= 0.6 is 0 Å². The fourth-order valence-electron chi connectivity index (χ4n) is 2.01. The normalized spacial score (nSPS) is 11.3. The van der Waals surface area contributed by atoms with Crippen LogP contribution in [0.3, 0.4) is 0 Å². The van der Waals surface area contributed by atoms with E-state index in [9.17, 15) is 8.42 Å². The van der Waals surface area contributed by atoms with E-state index in [1.165, 1.54) is 0 Å². The van der Waals surface area contributed by atoms with Crippen molar-refractivity contribution < 1.29 is 13.2 Å². The molecule has 0 spiro atoms. The minimum absolute atomic E-state index is 0.0819. The highest BCUT2D eigenvalue weighted by Gasteiger charge is 2.19. The van der Waals surface area contributed by atoms with Crippen molar-refractivity contribution in [2.75, 3.05) is 0 Å². The first-order valence-corrected chi connectivity index (χ1v) is 7.88. The number of hydrogen-bond acceptors (Lipinski definition) is 3. The third-order valence-corrected chi connectivity index (χ3v) is 4.00. The van der Waals surface area contributed by atoms with Crippen molar-refractivity contribution in [2.24, 2.45) is 5.14 Å². The second-order valence-corrected chi connectivity index (χ2v) is 5.92. The van der Waals surface area contributed by atoms with Gasteiger partial charge in [0.15, 0.2) is 0 Å². The van der Waals surface area contributed by atoms with Crippen LogP contribution in [0, 0.1) is 0 Å². The molecule has 0 fully saturated rings. The molecule has 0 aliphatic carbocycles. The second kappa shape index (κ2) is 6.07. The number of nitrogens with two attached hydrogens (primary N) is 1. The molecule has 0 saturated carbocycles. The molecular formula is C15H17NO3S. The predicted octanol–water partition coefficient (Wildman–Crippen LogP) is 2.48. The van der Waals surface area contributed by atoms with Gasteiger partial charge in [-0.25, -0.2) is 13.6 Å². The number of rotatable bonds is 5. The summed E-state index contributed by atoms with van der Waals surface area (Å²) in [6, 6.07) is 14.7. The molecule has 0 aromatic heterocycles. The van der Waals surface area contributed by atoms with Gasteiger partial charge in [-0.2, -0.15) is 0 Å². The van der Waals surface area contributed by atoms with E-state index < -0.39 is 10.0 Å². The maximum absolute atomic E-state index is 11.7. The Morgan fingerprint density at radius 3 is 2.35 bits per heavy atom. The van der Waals surface area contributed by atoms with E-state index in [4.69, 9.17) is 9.88 Å². The van der Waals surface area contributed by atoms with Crippen LogP contribution in [0.5, 0.6) is 5.75 Å². The van der Waals surface area contributed by atoms with Crippen LogP contribution in [0.4, 0.5) is 0 Å². The zero-order valence-corrected chi connectivity index (χ0v) is 12.1. The van der Waals surface area contributed by atoms with Crippen molar-refractivity contribution in [3.05, 3.63) is 59.7 Å². The zero-order valence-electron chi connectivity index (χ0n) is 11.2. The van der Waals surface area contributed by atoms with Gasteiger partial charge >= 0.3 is 0 Å². The number of primary sulfonamides is 1. The fraction of sp³-hybridized carbons (Fsp3) is 0.200. The first-order chi connectivity index (χ1) is 9.52. The zero-order chi connectivity index (χ0) is 14.6. The highest BCUT2D eigenvalue weighted by molar-refractivity contribution is 7.89. The van der Waals surface area contributed by atoms with Crippen molar-refractivity contribution in [3.63, 3.8) is 0 Å². The number of hydrogen-bond donors (Lipinski definition) is 1. The monoisotopic (exact) mass is 291 g/mol. The van der Waals surface area contributed by atoms with Crippen LogP contribution in [-0.2, 0) is 23.1 Å². The maximum Gasteiger partial charge on any atom is 0.242 e. The van der Waals surface area contributed by atoms with Gasteiger partial charge in [0.1, 0.15) is 17.3 Å². The van der Waals surface area contributed by atoms with Gasteiger partial charge in [0.2, 0.25) is 10.0 Å². The van der Waals surface area contributed by atoms with Crippen molar-refractivity contribution in [1.82, 2.24) is 0 Å². The van der Waals surface area contributed by atoms with Crippen LogP contribution in [0.15, 0.2) is 53.4 Å². The van der Waals surface area contributed by atoms with Gasteiger partial charge in [-0.1, -0.05) is 49.4 Å². The molecule has 2 rings (SSSR count). The van der Waals surface area contributed by atoms with Crippen LogP contribution in [0.2, 0.25) is 0 Å². The summed E-state index contributed by atoms with van der Waals surface area (Å²) in [5.41, 5.74) is 1.63. The minimum atomic E-state index is -3.81. The molecule has 0 radical (unpaired) electrons. The highest BCUT2D eigenvalue weighted by Crippen LogP contribution is 2.27. The lowest BCUT2D eigenvalue weighted by Gasteiger charge is -2.13. The summed E-state index contributed by atoms with van der Waals surface area (Å²) < 4.78 is 29.1. The highest BCUT2D eigenvalue weighted by atomic mass is 32.2. The molecular weight excluding hydrogens is 274 g/mol. The summed E-state index contributed by atoms with van der Waals surface area (Å²) in [6.07, 6.45) is 0.578. The molecule has 0 heterocycles. The van der Waals surface area contributed by atoms with Gasteiger partial charge in [0.25, 0.3) is 0 Å². The fourth-order valence-corrected chi connectivity index (χ4v) is 3.00. The Balaban J connectivity index is 2.32. The molecule has 0 aliphatic heterocycles. The van der Waals surface area contributed by atoms with E-state index in [0.717, 1.165) is 5.56 Å². The average Bonchev–Trinajstić information content (AvgIpc) is 2.44. The first-order valence-electron chi connectivity index (χ1n) is 6.33. The van der Waals surface area contributed by atoms with Crippen LogP contribution < -0.4 is 9.88 Å². The summed E-state index contributed by atoms with van der Waals surface area (Å²) in [5, 5.41) is 5.30. The average molecular weight is 291 g/mol. The largest absolute Gasteiger partial charge is 0.487 e. The molecule has 5 heteroatoms. The third kappa shape index (κ3) is 3.37. The summed E-state index contributed by atoms with van der Waals surface area (Å²) >= 11 is 0. The summed E-state index contributed by atoms with van der Waals surface area (Å²) in [5.74, 6) is 0.302. The molecule has 106 valence electrons. The Bertz CT molecular complexity index is 682. The molecule has 0 unspecified atom stereocenters. The van der Waals surface area contributed by atoms with Gasteiger partial charge in [-0.3, -0.25) is 0 Å². The lowest BCUT2D eigenvalue weighted by molar-refractivity contribution is 0.297. The SMILES string of the molecule is CCc1cccc(OCc2ccccc2)c1S(N)(=O)=O. The summed E-state index contributed by atoms with van der Waals surface area (Å²) in [7, 11) is -3.81. The Morgan fingerprint density at radius 2 is 1.75 bits per heavy atom. The van der Waals surface area contributed by atoms with Crippen molar-refractivity contribution in [1.29, 1.82) is 0 Å². The standard InChI is InChI=1S/C15H17NO3S/c1-2-13-9-6-10-14(15(13)20(16,17)18)19-11-12-7-4-3-5-8-12/h3-10H,2,11H2,1H3,(H2,16,17,18). The van der Waals surface area contributed by atoms with Crippen molar-refractivity contribution in [3.8, 4) is 5.75 Å². The van der Waals surface area contributed by atoms with E-state index in [1.807, 2.05) is 37.3 Å². The van der Waals surface area contributed by atoms with Crippen LogP contribution in [-0.4, -0.2) is 8.42 Å². The molecule has 0 atom stereocenters. The third-order valence-electron chi connectivity index (χ3n) is 2.96. The lowest BCUT2D eigenvalue weighted by atomic mass is 10.1. The molecule has 0 aliphatic rings. The van der Waals surface area contributed by atoms with Crippen molar-refractivity contribution in [2.45, 2.75) is 24.8 Å². The Morgan fingerprint density at radius 1 is 1.05 bits per heavy atom. The number of benzene rings is 2. The topological polar surface area (TPSA) is 69.4 Å². The van der Waals surface area contributed by atoms with Crippen LogP contribution in [0.1, 0.15) is 18.1 Å². The van der Waals surface area contributed by atoms with E-state index >= 15 is 0 Å². The molecule has 2 aromatic carbocycles. The second-order valence-electron chi connectivity index (χ2n) is 4.42. The van der Waals surface area contributed by atoms with Crippen molar-refractivity contribution >= 4 is 10.0 Å². The van der Waals surface area contributed by atoms with Gasteiger partial charge < -0.3 is 4.74 Å². The molecule has 0 bridgehead atoms. The van der Waals surface area contributed by atoms with E-state index in [0.29, 0.717) is 24.3 Å². The van der Waals surface area contributed by atoms with E-state index in [-0.39, 0.29) is 4.90 Å². The number of aryl methyl sites for hydroxylation is 1. The van der Waals surface area contributed by atoms with Crippen LogP contribution in [0.25, 0.3) is 0 Å². The summed E-state index contributed by atoms with van der Waals surface area (Å²) in [4.78, 5) is 0.0819.